The summed E-state index contributed by atoms with van der Waals surface area (Å²) < 4.78 is 42.4. The Morgan fingerprint density at radius 2 is 1.79 bits per heavy atom. The molecular weight excluding hydrogens is 451 g/mol. The predicted molar refractivity (Wildman–Crippen MR) is 117 cm³/mol. The molecule has 0 saturated heterocycles. The normalized spacial score (nSPS) is 30.5. The first kappa shape index (κ1) is 24.3. The second kappa shape index (κ2) is 8.13. The van der Waals surface area contributed by atoms with E-state index in [4.69, 9.17) is 5.73 Å². The zero-order valence-corrected chi connectivity index (χ0v) is 19.4. The lowest BCUT2D eigenvalue weighted by Crippen LogP contribution is -2.62. The predicted octanol–water partition coefficient (Wildman–Crippen LogP) is 2.55. The van der Waals surface area contributed by atoms with Crippen LogP contribution in [0, 0.1) is 28.6 Å². The van der Waals surface area contributed by atoms with Crippen molar-refractivity contribution in [1.29, 1.82) is 0 Å². The molecular formula is C23H30F3N5O3. The molecule has 11 heteroatoms. The van der Waals surface area contributed by atoms with Crippen molar-refractivity contribution in [2.75, 3.05) is 7.05 Å². The van der Waals surface area contributed by atoms with Crippen LogP contribution in [0.15, 0.2) is 12.3 Å². The molecule has 4 aliphatic rings. The highest BCUT2D eigenvalue weighted by Crippen LogP contribution is 2.60. The van der Waals surface area contributed by atoms with Crippen molar-refractivity contribution < 1.29 is 27.6 Å². The van der Waals surface area contributed by atoms with E-state index in [2.05, 4.69) is 15.7 Å². The number of carbonyl (C=O) groups excluding carboxylic acids is 3. The van der Waals surface area contributed by atoms with Crippen LogP contribution >= 0.6 is 0 Å². The van der Waals surface area contributed by atoms with E-state index in [1.54, 1.807) is 13.8 Å². The van der Waals surface area contributed by atoms with Gasteiger partial charge in [0.15, 0.2) is 5.69 Å². The second-order valence-electron chi connectivity index (χ2n) is 10.6. The number of halogens is 3. The summed E-state index contributed by atoms with van der Waals surface area (Å²) >= 11 is 0. The van der Waals surface area contributed by atoms with E-state index in [9.17, 15) is 27.6 Å². The van der Waals surface area contributed by atoms with E-state index >= 15 is 0 Å². The summed E-state index contributed by atoms with van der Waals surface area (Å²) in [5, 5.41) is 9.05. The van der Waals surface area contributed by atoms with Crippen LogP contribution in [0.2, 0.25) is 0 Å². The molecule has 1 aromatic heterocycles. The molecule has 3 amide bonds. The van der Waals surface area contributed by atoms with Crippen LogP contribution in [0.5, 0.6) is 0 Å². The Balaban J connectivity index is 1.58. The number of alkyl halides is 3. The quantitative estimate of drug-likeness (QED) is 0.579. The maximum atomic E-state index is 13.9. The average Bonchev–Trinajstić information content (AvgIpc) is 3.18. The highest BCUT2D eigenvalue weighted by Gasteiger charge is 2.58. The molecule has 4 bridgehead atoms. The fourth-order valence-electron chi connectivity index (χ4n) is 6.37. The average molecular weight is 482 g/mol. The molecule has 0 aliphatic heterocycles. The molecule has 4 saturated carbocycles. The van der Waals surface area contributed by atoms with E-state index in [0.717, 1.165) is 31.7 Å². The molecule has 4 N–H and O–H groups in total. The summed E-state index contributed by atoms with van der Waals surface area (Å²) in [7, 11) is 1.44. The maximum Gasteiger partial charge on any atom is 0.434 e. The number of hydrogen-bond acceptors (Lipinski definition) is 4. The number of rotatable bonds is 6. The molecule has 186 valence electrons. The third-order valence-electron chi connectivity index (χ3n) is 7.85. The van der Waals surface area contributed by atoms with E-state index < -0.39 is 34.2 Å². The van der Waals surface area contributed by atoms with Gasteiger partial charge in [0.25, 0.3) is 5.91 Å². The van der Waals surface area contributed by atoms with Crippen molar-refractivity contribution >= 4 is 23.9 Å². The number of amides is 3. The van der Waals surface area contributed by atoms with Gasteiger partial charge in [-0.2, -0.15) is 18.3 Å². The Morgan fingerprint density at radius 1 is 1.18 bits per heavy atom. The zero-order chi connectivity index (χ0) is 25.1. The Kier molecular flexibility index (Phi) is 5.80. The first-order valence-corrected chi connectivity index (χ1v) is 11.4. The van der Waals surface area contributed by atoms with Crippen LogP contribution in [0.3, 0.4) is 0 Å². The fourth-order valence-corrected chi connectivity index (χ4v) is 6.37. The summed E-state index contributed by atoms with van der Waals surface area (Å²) in [6.45, 7) is 3.11. The summed E-state index contributed by atoms with van der Waals surface area (Å²) in [5.74, 6) is -1.15. The Labute approximate surface area is 195 Å². The molecule has 0 spiro atoms. The van der Waals surface area contributed by atoms with E-state index in [1.165, 1.54) is 13.1 Å². The van der Waals surface area contributed by atoms with Crippen LogP contribution in [0.25, 0.3) is 6.20 Å². The highest BCUT2D eigenvalue weighted by atomic mass is 19.4. The van der Waals surface area contributed by atoms with Gasteiger partial charge in [-0.3, -0.25) is 14.4 Å². The molecule has 4 fully saturated rings. The van der Waals surface area contributed by atoms with Gasteiger partial charge in [-0.25, -0.2) is 4.68 Å². The van der Waals surface area contributed by atoms with Crippen molar-refractivity contribution in [3.05, 3.63) is 23.5 Å². The Morgan fingerprint density at radius 3 is 2.32 bits per heavy atom. The fraction of sp³-hybridized carbons (Fsp3) is 0.652. The molecule has 34 heavy (non-hydrogen) atoms. The Bertz CT molecular complexity index is 1030. The van der Waals surface area contributed by atoms with Crippen molar-refractivity contribution in [3.8, 4) is 0 Å². The lowest BCUT2D eigenvalue weighted by atomic mass is 9.47. The van der Waals surface area contributed by atoms with Crippen LogP contribution in [-0.4, -0.2) is 40.6 Å². The zero-order valence-electron chi connectivity index (χ0n) is 19.4. The van der Waals surface area contributed by atoms with Crippen LogP contribution in [0.4, 0.5) is 13.2 Å². The van der Waals surface area contributed by atoms with Crippen LogP contribution in [0.1, 0.15) is 62.0 Å². The number of nitrogens with zero attached hydrogens (tertiary/aromatic N) is 2. The largest absolute Gasteiger partial charge is 0.434 e. The summed E-state index contributed by atoms with van der Waals surface area (Å²) in [6.07, 6.45) is 1.95. The number of aromatic nitrogens is 2. The molecule has 0 aromatic carbocycles. The first-order valence-electron chi connectivity index (χ1n) is 11.4. The standard InChI is InChI=1S/C23H30F3N5O3/c1-21(2,20(34)28-3)4-5-31-17(23(24,25)26)15(11-29-31)18(32)30-16-13-6-12-7-14(16)10-22(8-12,9-13)19(27)33/h4-5,11-14,16H,6-10H2,1-3H3,(H2,27,33)(H,28,34)(H,30,32). The molecule has 1 heterocycles. The minimum atomic E-state index is -4.84. The van der Waals surface area contributed by atoms with Gasteiger partial charge in [0, 0.05) is 24.7 Å². The number of nitrogens with two attached hydrogens (primary N) is 1. The molecule has 4 aliphatic carbocycles. The highest BCUT2D eigenvalue weighted by molar-refractivity contribution is 5.96. The smallest absolute Gasteiger partial charge is 0.369 e. The molecule has 2 atom stereocenters. The number of nitrogens with one attached hydrogen (secondary N) is 2. The monoisotopic (exact) mass is 481 g/mol. The van der Waals surface area contributed by atoms with Crippen molar-refractivity contribution in [3.63, 3.8) is 0 Å². The SMILES string of the molecule is CNC(=O)C(C)(C)C=Cn1ncc(C(=O)NC2C3CC4CC2CC(C(N)=O)(C4)C3)c1C(F)(F)F. The van der Waals surface area contributed by atoms with Crippen LogP contribution < -0.4 is 16.4 Å². The third-order valence-corrected chi connectivity index (χ3v) is 7.85. The molecule has 2 unspecified atom stereocenters. The Hall–Kier alpha value is -2.85. The van der Waals surface area contributed by atoms with Crippen molar-refractivity contribution in [2.45, 2.75) is 58.2 Å². The maximum absolute atomic E-state index is 13.9. The summed E-state index contributed by atoms with van der Waals surface area (Å²) in [6, 6.07) is -0.302. The van der Waals surface area contributed by atoms with Gasteiger partial charge in [-0.1, -0.05) is 6.08 Å². The number of hydrogen-bond donors (Lipinski definition) is 3. The summed E-state index contributed by atoms with van der Waals surface area (Å²) in [5.41, 5.74) is 2.28. The lowest BCUT2D eigenvalue weighted by Gasteiger charge is -2.58. The molecule has 0 radical (unpaired) electrons. The van der Waals surface area contributed by atoms with Gasteiger partial charge < -0.3 is 16.4 Å². The van der Waals surface area contributed by atoms with E-state index in [0.29, 0.717) is 23.4 Å². The summed E-state index contributed by atoms with van der Waals surface area (Å²) in [4.78, 5) is 37.1. The van der Waals surface area contributed by atoms with Gasteiger partial charge in [0.1, 0.15) is 0 Å². The topological polar surface area (TPSA) is 119 Å². The third kappa shape index (κ3) is 4.09. The number of carbonyl (C=O) groups is 3. The molecule has 1 aromatic rings. The van der Waals surface area contributed by atoms with Gasteiger partial charge in [-0.15, -0.1) is 0 Å². The van der Waals surface area contributed by atoms with Crippen LogP contribution in [-0.2, 0) is 15.8 Å². The van der Waals surface area contributed by atoms with Crippen molar-refractivity contribution in [1.82, 2.24) is 20.4 Å². The van der Waals surface area contributed by atoms with Gasteiger partial charge in [0.05, 0.1) is 17.2 Å². The minimum Gasteiger partial charge on any atom is -0.369 e. The molecule has 5 rings (SSSR count). The van der Waals surface area contributed by atoms with Gasteiger partial charge in [0.2, 0.25) is 11.8 Å². The van der Waals surface area contributed by atoms with Crippen molar-refractivity contribution in [2.24, 2.45) is 34.3 Å². The van der Waals surface area contributed by atoms with Gasteiger partial charge in [-0.05, 0) is 63.7 Å². The van der Waals surface area contributed by atoms with E-state index in [-0.39, 0.29) is 29.7 Å². The first-order chi connectivity index (χ1) is 15.8. The number of primary amides is 1. The lowest BCUT2D eigenvalue weighted by molar-refractivity contribution is -0.145. The minimum absolute atomic E-state index is 0.0142. The molecule has 8 nitrogen and oxygen atoms in total. The van der Waals surface area contributed by atoms with Gasteiger partial charge >= 0.3 is 6.18 Å². The van der Waals surface area contributed by atoms with E-state index in [1.807, 2.05) is 0 Å². The second-order valence-corrected chi connectivity index (χ2v) is 10.6.